The van der Waals surface area contributed by atoms with Crippen LogP contribution >= 0.6 is 11.6 Å². The van der Waals surface area contributed by atoms with Gasteiger partial charge >= 0.3 is 6.09 Å². The lowest BCUT2D eigenvalue weighted by atomic mass is 10.2. The van der Waals surface area contributed by atoms with Crippen LogP contribution in [0.1, 0.15) is 20.8 Å². The largest absolute Gasteiger partial charge is 0.444 e. The fourth-order valence-corrected chi connectivity index (χ4v) is 1.02. The molecule has 0 bridgehead atoms. The maximum Gasteiger partial charge on any atom is 0.407 e. The number of hydrogen-bond donors (Lipinski definition) is 2. The van der Waals surface area contributed by atoms with Crippen molar-refractivity contribution in [3.63, 3.8) is 0 Å². The summed E-state index contributed by atoms with van der Waals surface area (Å²) in [7, 11) is 0. The molecule has 0 unspecified atom stereocenters. The molecule has 0 aromatic heterocycles. The highest BCUT2D eigenvalue weighted by Crippen LogP contribution is 2.05. The Morgan fingerprint density at radius 2 is 1.89 bits per heavy atom. The van der Waals surface area contributed by atoms with Crippen molar-refractivity contribution in [1.29, 1.82) is 0 Å². The number of oxime groups is 1. The highest BCUT2D eigenvalue weighted by atomic mass is 35.5. The summed E-state index contributed by atoms with van der Waals surface area (Å²) < 4.78 is 15.2. The lowest BCUT2D eigenvalue weighted by Gasteiger charge is -2.19. The number of alkyl carbamates (subject to hydrolysis) is 1. The van der Waals surface area contributed by atoms with Gasteiger partial charge in [-0.2, -0.15) is 0 Å². The molecule has 0 aliphatic carbocycles. The van der Waals surface area contributed by atoms with Crippen LogP contribution in [-0.2, 0) is 14.2 Å². The first-order valence-corrected chi connectivity index (χ1v) is 6.21. The lowest BCUT2D eigenvalue weighted by Crippen LogP contribution is -2.34. The second-order valence-electron chi connectivity index (χ2n) is 4.57. The van der Waals surface area contributed by atoms with Crippen LogP contribution in [0.5, 0.6) is 0 Å². The Morgan fingerprint density at radius 3 is 2.47 bits per heavy atom. The number of halogens is 1. The molecule has 0 aliphatic heterocycles. The monoisotopic (exact) mass is 296 g/mol. The van der Waals surface area contributed by atoms with Gasteiger partial charge in [-0.1, -0.05) is 16.8 Å². The molecular formula is C11H21ClN2O5. The Labute approximate surface area is 117 Å². The Balaban J connectivity index is 3.34. The molecule has 8 heteroatoms. The standard InChI is InChI=1S/C11H21ClN2O5/c1-11(2,3)19-10(15)13-4-5-17-6-7-18-8-9(12)14-16/h16H,4-8H2,1-3H3,(H,13,15)/b14-9-. The fraction of sp³-hybridized carbons (Fsp3) is 0.818. The molecule has 7 nitrogen and oxygen atoms in total. The average molecular weight is 297 g/mol. The van der Waals surface area contributed by atoms with Gasteiger partial charge in [0.2, 0.25) is 0 Å². The smallest absolute Gasteiger partial charge is 0.407 e. The molecule has 0 radical (unpaired) electrons. The summed E-state index contributed by atoms with van der Waals surface area (Å²) in [6.45, 7) is 6.79. The predicted molar refractivity (Wildman–Crippen MR) is 70.9 cm³/mol. The normalized spacial score (nSPS) is 12.3. The number of amides is 1. The summed E-state index contributed by atoms with van der Waals surface area (Å²) in [6, 6.07) is 0. The van der Waals surface area contributed by atoms with Gasteiger partial charge in [-0.25, -0.2) is 4.79 Å². The van der Waals surface area contributed by atoms with Crippen molar-refractivity contribution in [1.82, 2.24) is 5.32 Å². The molecule has 0 saturated heterocycles. The van der Waals surface area contributed by atoms with E-state index in [0.717, 1.165) is 0 Å². The predicted octanol–water partition coefficient (Wildman–Crippen LogP) is 1.57. The molecule has 0 rings (SSSR count). The molecule has 2 N–H and O–H groups in total. The number of carbonyl (C=O) groups is 1. The summed E-state index contributed by atoms with van der Waals surface area (Å²) in [5.74, 6) is 0. The van der Waals surface area contributed by atoms with Crippen LogP contribution in [0.15, 0.2) is 5.16 Å². The number of nitrogens with zero attached hydrogens (tertiary/aromatic N) is 1. The van der Waals surface area contributed by atoms with E-state index in [1.807, 2.05) is 0 Å². The quantitative estimate of drug-likeness (QED) is 0.307. The first-order valence-electron chi connectivity index (χ1n) is 5.84. The van der Waals surface area contributed by atoms with E-state index in [1.165, 1.54) is 0 Å². The van der Waals surface area contributed by atoms with Crippen molar-refractivity contribution in [3.8, 4) is 0 Å². The summed E-state index contributed by atoms with van der Waals surface area (Å²) in [4.78, 5) is 11.2. The average Bonchev–Trinajstić information content (AvgIpc) is 2.29. The summed E-state index contributed by atoms with van der Waals surface area (Å²) in [6.07, 6.45) is -0.474. The van der Waals surface area contributed by atoms with E-state index in [9.17, 15) is 4.79 Å². The van der Waals surface area contributed by atoms with Crippen molar-refractivity contribution in [3.05, 3.63) is 0 Å². The third-order valence-corrected chi connectivity index (χ3v) is 1.80. The third-order valence-electron chi connectivity index (χ3n) is 1.62. The van der Waals surface area contributed by atoms with Crippen molar-refractivity contribution in [2.24, 2.45) is 5.16 Å². The highest BCUT2D eigenvalue weighted by Gasteiger charge is 2.15. The number of nitrogens with one attached hydrogen (secondary N) is 1. The van der Waals surface area contributed by atoms with Gasteiger partial charge in [0.15, 0.2) is 5.17 Å². The molecule has 0 heterocycles. The minimum atomic E-state index is -0.508. The van der Waals surface area contributed by atoms with Gasteiger partial charge in [0.25, 0.3) is 0 Å². The van der Waals surface area contributed by atoms with Crippen molar-refractivity contribution in [2.45, 2.75) is 26.4 Å². The molecular weight excluding hydrogens is 276 g/mol. The maximum atomic E-state index is 11.2. The maximum absolute atomic E-state index is 11.2. The first-order chi connectivity index (χ1) is 8.85. The minimum absolute atomic E-state index is 0.0217. The molecule has 0 aliphatic rings. The van der Waals surface area contributed by atoms with Crippen molar-refractivity contribution in [2.75, 3.05) is 33.0 Å². The van der Waals surface area contributed by atoms with Gasteiger partial charge in [-0.15, -0.1) is 0 Å². The summed E-state index contributed by atoms with van der Waals surface area (Å²) >= 11 is 5.39. The van der Waals surface area contributed by atoms with Gasteiger partial charge in [0, 0.05) is 6.54 Å². The Kier molecular flexibility index (Phi) is 9.28. The third kappa shape index (κ3) is 13.2. The molecule has 0 aromatic carbocycles. The molecule has 1 amide bonds. The zero-order chi connectivity index (χ0) is 14.7. The first kappa shape index (κ1) is 17.9. The van der Waals surface area contributed by atoms with E-state index < -0.39 is 11.7 Å². The van der Waals surface area contributed by atoms with E-state index in [2.05, 4.69) is 10.5 Å². The van der Waals surface area contributed by atoms with Crippen molar-refractivity contribution < 1.29 is 24.2 Å². The van der Waals surface area contributed by atoms with E-state index in [0.29, 0.717) is 26.4 Å². The van der Waals surface area contributed by atoms with Crippen LogP contribution in [0, 0.1) is 0 Å². The van der Waals surface area contributed by atoms with Gasteiger partial charge in [0.05, 0.1) is 19.8 Å². The second-order valence-corrected chi connectivity index (χ2v) is 5.01. The van der Waals surface area contributed by atoms with Crippen LogP contribution in [0.2, 0.25) is 0 Å². The second kappa shape index (κ2) is 9.82. The number of ether oxygens (including phenoxy) is 3. The minimum Gasteiger partial charge on any atom is -0.444 e. The topological polar surface area (TPSA) is 89.4 Å². The molecule has 0 spiro atoms. The van der Waals surface area contributed by atoms with Crippen LogP contribution in [0.25, 0.3) is 0 Å². The fourth-order valence-electron chi connectivity index (χ4n) is 0.945. The van der Waals surface area contributed by atoms with Gasteiger partial charge in [0.1, 0.15) is 12.2 Å². The number of rotatable bonds is 8. The van der Waals surface area contributed by atoms with E-state index in [4.69, 9.17) is 31.0 Å². The molecule has 19 heavy (non-hydrogen) atoms. The van der Waals surface area contributed by atoms with E-state index >= 15 is 0 Å². The van der Waals surface area contributed by atoms with Crippen LogP contribution < -0.4 is 5.32 Å². The number of carbonyl (C=O) groups excluding carboxylic acids is 1. The SMILES string of the molecule is CC(C)(C)OC(=O)NCCOCCOC/C(Cl)=N/O. The highest BCUT2D eigenvalue weighted by molar-refractivity contribution is 6.65. The van der Waals surface area contributed by atoms with Crippen LogP contribution in [0.4, 0.5) is 4.79 Å². The van der Waals surface area contributed by atoms with E-state index in [1.54, 1.807) is 20.8 Å². The molecule has 0 aromatic rings. The Bertz CT molecular complexity index is 291. The van der Waals surface area contributed by atoms with Crippen LogP contribution in [0.3, 0.4) is 0 Å². The van der Waals surface area contributed by atoms with Crippen LogP contribution in [-0.4, -0.2) is 55.0 Å². The number of hydrogen-bond acceptors (Lipinski definition) is 6. The van der Waals surface area contributed by atoms with Crippen molar-refractivity contribution >= 4 is 22.9 Å². The van der Waals surface area contributed by atoms with Gasteiger partial charge in [-0.05, 0) is 20.8 Å². The summed E-state index contributed by atoms with van der Waals surface area (Å²) in [5.41, 5.74) is -0.508. The Hall–Kier alpha value is -1.05. The molecule has 0 atom stereocenters. The zero-order valence-electron chi connectivity index (χ0n) is 11.4. The molecule has 0 fully saturated rings. The molecule has 112 valence electrons. The lowest BCUT2D eigenvalue weighted by molar-refractivity contribution is 0.0447. The summed E-state index contributed by atoms with van der Waals surface area (Å²) in [5, 5.41) is 13.5. The zero-order valence-corrected chi connectivity index (χ0v) is 12.2. The van der Waals surface area contributed by atoms with Gasteiger partial charge < -0.3 is 24.7 Å². The van der Waals surface area contributed by atoms with E-state index in [-0.39, 0.29) is 11.8 Å². The molecule has 0 saturated carbocycles. The van der Waals surface area contributed by atoms with Gasteiger partial charge in [-0.3, -0.25) is 0 Å². The Morgan fingerprint density at radius 1 is 1.26 bits per heavy atom.